The minimum atomic E-state index is -1.75. The van der Waals surface area contributed by atoms with E-state index in [0.717, 1.165) is 22.3 Å². The van der Waals surface area contributed by atoms with Crippen LogP contribution in [0.2, 0.25) is 0 Å². The molecule has 0 aromatic heterocycles. The third-order valence-electron chi connectivity index (χ3n) is 8.81. The topological polar surface area (TPSA) is 114 Å². The van der Waals surface area contributed by atoms with Gasteiger partial charge < -0.3 is 25.2 Å². The van der Waals surface area contributed by atoms with Gasteiger partial charge >= 0.3 is 0 Å². The fourth-order valence-corrected chi connectivity index (χ4v) is 6.30. The standard InChI is InChI=1S/C39H42N2O6/c1-6-46-33-21-28(19-20-32(33)47-23-27-17-15-24(2)16-18-27)34-35(37(43)40-29-13-9-7-11-25(29)3)31(42)22-39(5,45)36(34)38(44)41-30-14-10-8-12-26(30)4/h7-21,34-36,45H,6,22-23H2,1-5H3,(H,40,43)(H,41,44). The first-order valence-electron chi connectivity index (χ1n) is 15.9. The van der Waals surface area contributed by atoms with Gasteiger partial charge in [0.25, 0.3) is 0 Å². The SMILES string of the molecule is CCOc1cc(C2C(C(=O)Nc3ccccc3C)C(=O)CC(C)(O)C2C(=O)Nc2ccccc2C)ccc1OCc1ccc(C)cc1. The molecular formula is C39H42N2O6. The van der Waals surface area contributed by atoms with Crippen molar-refractivity contribution in [3.05, 3.63) is 119 Å². The summed E-state index contributed by atoms with van der Waals surface area (Å²) in [5, 5.41) is 17.7. The Morgan fingerprint density at radius 2 is 1.40 bits per heavy atom. The summed E-state index contributed by atoms with van der Waals surface area (Å²) in [6.07, 6.45) is -0.364. The van der Waals surface area contributed by atoms with Crippen LogP contribution in [0.1, 0.15) is 54.0 Å². The zero-order valence-electron chi connectivity index (χ0n) is 27.5. The minimum absolute atomic E-state index is 0.305. The Morgan fingerprint density at radius 3 is 2.00 bits per heavy atom. The monoisotopic (exact) mass is 634 g/mol. The summed E-state index contributed by atoms with van der Waals surface area (Å²) in [6.45, 7) is 9.73. The average Bonchev–Trinajstić information content (AvgIpc) is 3.02. The molecule has 4 unspecified atom stereocenters. The van der Waals surface area contributed by atoms with Crippen molar-refractivity contribution in [2.75, 3.05) is 17.2 Å². The van der Waals surface area contributed by atoms with Crippen LogP contribution in [0.4, 0.5) is 11.4 Å². The summed E-state index contributed by atoms with van der Waals surface area (Å²) >= 11 is 0. The Hall–Kier alpha value is -4.95. The highest BCUT2D eigenvalue weighted by Gasteiger charge is 2.56. The molecule has 0 spiro atoms. The lowest BCUT2D eigenvalue weighted by Gasteiger charge is -2.44. The van der Waals surface area contributed by atoms with Crippen LogP contribution in [0.25, 0.3) is 0 Å². The number of benzene rings is 4. The van der Waals surface area contributed by atoms with Crippen LogP contribution in [0.3, 0.4) is 0 Å². The summed E-state index contributed by atoms with van der Waals surface area (Å²) < 4.78 is 12.1. The van der Waals surface area contributed by atoms with E-state index in [1.807, 2.05) is 82.3 Å². The van der Waals surface area contributed by atoms with Crippen molar-refractivity contribution in [2.45, 2.75) is 59.2 Å². The van der Waals surface area contributed by atoms with Gasteiger partial charge in [0.15, 0.2) is 11.5 Å². The second-order valence-electron chi connectivity index (χ2n) is 12.5. The number of nitrogens with one attached hydrogen (secondary N) is 2. The van der Waals surface area contributed by atoms with Crippen molar-refractivity contribution in [2.24, 2.45) is 11.8 Å². The highest BCUT2D eigenvalue weighted by molar-refractivity contribution is 6.10. The third-order valence-corrected chi connectivity index (χ3v) is 8.81. The van der Waals surface area contributed by atoms with Crippen LogP contribution in [0, 0.1) is 32.6 Å². The molecule has 4 aromatic carbocycles. The normalized spacial score (nSPS) is 20.7. The van der Waals surface area contributed by atoms with E-state index in [1.54, 1.807) is 36.4 Å². The molecule has 0 radical (unpaired) electrons. The van der Waals surface area contributed by atoms with Crippen LogP contribution in [-0.2, 0) is 21.0 Å². The van der Waals surface area contributed by atoms with Gasteiger partial charge in [0.1, 0.15) is 18.3 Å². The highest BCUT2D eigenvalue weighted by atomic mass is 16.5. The van der Waals surface area contributed by atoms with Crippen molar-refractivity contribution in [1.82, 2.24) is 0 Å². The molecule has 8 heteroatoms. The first-order chi connectivity index (χ1) is 22.5. The predicted molar refractivity (Wildman–Crippen MR) is 183 cm³/mol. The molecule has 5 rings (SSSR count). The third kappa shape index (κ3) is 7.55. The number of carbonyl (C=O) groups excluding carboxylic acids is 3. The summed E-state index contributed by atoms with van der Waals surface area (Å²) in [4.78, 5) is 42.1. The van der Waals surface area contributed by atoms with Gasteiger partial charge in [-0.2, -0.15) is 0 Å². The highest BCUT2D eigenvalue weighted by Crippen LogP contribution is 2.48. The fourth-order valence-electron chi connectivity index (χ4n) is 6.30. The van der Waals surface area contributed by atoms with Gasteiger partial charge in [-0.05, 0) is 81.1 Å². The average molecular weight is 635 g/mol. The van der Waals surface area contributed by atoms with E-state index in [1.165, 1.54) is 6.92 Å². The number of amides is 2. The first-order valence-corrected chi connectivity index (χ1v) is 15.9. The molecule has 4 atom stereocenters. The Kier molecular flexibility index (Phi) is 10.1. The van der Waals surface area contributed by atoms with Gasteiger partial charge in [-0.1, -0.05) is 72.3 Å². The van der Waals surface area contributed by atoms with Crippen molar-refractivity contribution >= 4 is 29.0 Å². The van der Waals surface area contributed by atoms with Crippen LogP contribution in [-0.4, -0.2) is 34.9 Å². The molecule has 8 nitrogen and oxygen atoms in total. The molecule has 3 N–H and O–H groups in total. The number of hydrogen-bond donors (Lipinski definition) is 3. The van der Waals surface area contributed by atoms with Crippen molar-refractivity contribution in [1.29, 1.82) is 0 Å². The molecule has 244 valence electrons. The Labute approximate surface area is 276 Å². The molecule has 1 aliphatic carbocycles. The molecule has 0 heterocycles. The maximum Gasteiger partial charge on any atom is 0.235 e. The van der Waals surface area contributed by atoms with Crippen LogP contribution >= 0.6 is 0 Å². The molecule has 1 fully saturated rings. The Morgan fingerprint density at radius 1 is 0.809 bits per heavy atom. The number of aryl methyl sites for hydroxylation is 3. The quantitative estimate of drug-likeness (QED) is 0.164. The zero-order chi connectivity index (χ0) is 33.7. The molecule has 0 bridgehead atoms. The van der Waals surface area contributed by atoms with Gasteiger partial charge in [-0.25, -0.2) is 0 Å². The molecule has 2 amide bonds. The van der Waals surface area contributed by atoms with E-state index in [2.05, 4.69) is 10.6 Å². The number of hydrogen-bond acceptors (Lipinski definition) is 6. The number of para-hydroxylation sites is 2. The zero-order valence-corrected chi connectivity index (χ0v) is 27.5. The van der Waals surface area contributed by atoms with Crippen molar-refractivity contribution < 1.29 is 29.0 Å². The van der Waals surface area contributed by atoms with Gasteiger partial charge in [0.2, 0.25) is 11.8 Å². The lowest BCUT2D eigenvalue weighted by Crippen LogP contribution is -2.56. The molecular weight excluding hydrogens is 592 g/mol. The number of ketones is 1. The van der Waals surface area contributed by atoms with E-state index >= 15 is 0 Å². The van der Waals surface area contributed by atoms with Gasteiger partial charge in [-0.3, -0.25) is 14.4 Å². The molecule has 0 saturated heterocycles. The predicted octanol–water partition coefficient (Wildman–Crippen LogP) is 6.91. The minimum Gasteiger partial charge on any atom is -0.490 e. The number of rotatable bonds is 10. The first kappa shape index (κ1) is 33.4. The molecule has 1 saturated carbocycles. The lowest BCUT2D eigenvalue weighted by atomic mass is 9.61. The smallest absolute Gasteiger partial charge is 0.235 e. The Bertz CT molecular complexity index is 1760. The number of anilines is 2. The van der Waals surface area contributed by atoms with E-state index in [-0.39, 0.29) is 6.42 Å². The molecule has 1 aliphatic rings. The number of ether oxygens (including phenoxy) is 2. The van der Waals surface area contributed by atoms with Crippen molar-refractivity contribution in [3.63, 3.8) is 0 Å². The summed E-state index contributed by atoms with van der Waals surface area (Å²) in [6, 6.07) is 27.8. The lowest BCUT2D eigenvalue weighted by molar-refractivity contribution is -0.150. The Balaban J connectivity index is 1.57. The van der Waals surface area contributed by atoms with Gasteiger partial charge in [0, 0.05) is 23.7 Å². The molecule has 4 aromatic rings. The number of Topliss-reactive ketones (excluding diaryl/α,β-unsaturated/α-hetero) is 1. The van der Waals surface area contributed by atoms with Gasteiger partial charge in [0.05, 0.1) is 18.1 Å². The van der Waals surface area contributed by atoms with Crippen molar-refractivity contribution in [3.8, 4) is 11.5 Å². The molecule has 47 heavy (non-hydrogen) atoms. The van der Waals surface area contributed by atoms with Crippen LogP contribution < -0.4 is 20.1 Å². The molecule has 0 aliphatic heterocycles. The second-order valence-corrected chi connectivity index (χ2v) is 12.5. The summed E-state index contributed by atoms with van der Waals surface area (Å²) in [5.74, 6) is -4.06. The maximum atomic E-state index is 14.2. The van der Waals surface area contributed by atoms with E-state index in [4.69, 9.17) is 9.47 Å². The largest absolute Gasteiger partial charge is 0.490 e. The van der Waals surface area contributed by atoms with Crippen LogP contribution in [0.5, 0.6) is 11.5 Å². The number of carbonyl (C=O) groups is 3. The second kappa shape index (κ2) is 14.2. The summed E-state index contributed by atoms with van der Waals surface area (Å²) in [5.41, 5.74) is 3.70. The van der Waals surface area contributed by atoms with Gasteiger partial charge in [-0.15, -0.1) is 0 Å². The number of aliphatic hydroxyl groups is 1. The summed E-state index contributed by atoms with van der Waals surface area (Å²) in [7, 11) is 0. The fraction of sp³-hybridized carbons (Fsp3) is 0.308. The van der Waals surface area contributed by atoms with E-state index in [0.29, 0.717) is 41.7 Å². The van der Waals surface area contributed by atoms with E-state index < -0.39 is 41.0 Å². The maximum absolute atomic E-state index is 14.2. The van der Waals surface area contributed by atoms with E-state index in [9.17, 15) is 19.5 Å². The van der Waals surface area contributed by atoms with Crippen LogP contribution in [0.15, 0.2) is 91.0 Å².